The second-order valence-corrected chi connectivity index (χ2v) is 7.84. The van der Waals surface area contributed by atoms with Crippen molar-refractivity contribution in [2.24, 2.45) is 4.99 Å². The van der Waals surface area contributed by atoms with Crippen molar-refractivity contribution in [1.29, 1.82) is 0 Å². The van der Waals surface area contributed by atoms with E-state index >= 15 is 0 Å². The molecule has 0 saturated heterocycles. The quantitative estimate of drug-likeness (QED) is 0.628. The van der Waals surface area contributed by atoms with E-state index in [1.807, 2.05) is 49.6 Å². The Hall–Kier alpha value is -3.33. The normalized spacial score (nSPS) is 20.7. The summed E-state index contributed by atoms with van der Waals surface area (Å²) in [5.41, 5.74) is 5.71. The maximum absolute atomic E-state index is 6.78. The number of aliphatic imine (C=N–C) groups is 1. The molecular weight excluding hydrogens is 356 g/mol. The summed E-state index contributed by atoms with van der Waals surface area (Å²) in [6.07, 6.45) is 11.4. The number of anilines is 1. The van der Waals surface area contributed by atoms with Gasteiger partial charge < -0.3 is 10.1 Å². The summed E-state index contributed by atoms with van der Waals surface area (Å²) in [5, 5.41) is 3.58. The predicted molar refractivity (Wildman–Crippen MR) is 126 cm³/mol. The lowest BCUT2D eigenvalue weighted by molar-refractivity contribution is 0.106. The molecule has 0 aromatic heterocycles. The number of fused-ring (bicyclic) bond motifs is 2. The number of hydrogen-bond donors (Lipinski definition) is 1. The lowest BCUT2D eigenvalue weighted by Gasteiger charge is -2.41. The highest BCUT2D eigenvalue weighted by atomic mass is 16.5. The summed E-state index contributed by atoms with van der Waals surface area (Å²) >= 11 is 0. The van der Waals surface area contributed by atoms with Gasteiger partial charge in [0, 0.05) is 16.8 Å². The molecule has 4 rings (SSSR count). The van der Waals surface area contributed by atoms with Gasteiger partial charge in [-0.05, 0) is 43.5 Å². The average molecular weight is 383 g/mol. The Morgan fingerprint density at radius 1 is 0.966 bits per heavy atom. The first-order chi connectivity index (χ1) is 13.9. The molecule has 0 bridgehead atoms. The number of nitrogens with one attached hydrogen (secondary N) is 1. The SMILES string of the molecule is C=Cc1c(C=C)c(/C=C\C)c2c(c1C=C)OC1(C=N2)Nc2ccccc2C1(C)C. The van der Waals surface area contributed by atoms with Crippen LogP contribution in [0.3, 0.4) is 0 Å². The molecule has 2 aliphatic rings. The van der Waals surface area contributed by atoms with Crippen molar-refractivity contribution in [2.75, 3.05) is 5.32 Å². The Balaban J connectivity index is 2.00. The molecule has 0 radical (unpaired) electrons. The Bertz CT molecular complexity index is 1100. The second-order valence-electron chi connectivity index (χ2n) is 7.84. The Labute approximate surface area is 172 Å². The van der Waals surface area contributed by atoms with Crippen LogP contribution < -0.4 is 10.1 Å². The molecule has 1 unspecified atom stereocenters. The van der Waals surface area contributed by atoms with Crippen LogP contribution in [0.1, 0.15) is 48.6 Å². The molecule has 0 aliphatic carbocycles. The summed E-state index contributed by atoms with van der Waals surface area (Å²) in [7, 11) is 0. The first-order valence-electron chi connectivity index (χ1n) is 9.80. The molecule has 1 N–H and O–H groups in total. The Kier molecular flexibility index (Phi) is 4.34. The standard InChI is InChI=1S/C26H26N2O/c1-7-13-20-18(9-3)17(8-2)19(10-4)24-23(20)27-16-26(29-24)25(5,6)21-14-11-12-15-22(21)28-26/h7-16,28H,2-4H2,1,5-6H3/b13-7-. The molecule has 0 fully saturated rings. The zero-order valence-corrected chi connectivity index (χ0v) is 17.3. The van der Waals surface area contributed by atoms with Gasteiger partial charge in [-0.2, -0.15) is 0 Å². The summed E-state index contributed by atoms with van der Waals surface area (Å²) in [5.74, 6) is 0.712. The Morgan fingerprint density at radius 2 is 1.62 bits per heavy atom. The van der Waals surface area contributed by atoms with Crippen molar-refractivity contribution in [3.8, 4) is 5.75 Å². The summed E-state index contributed by atoms with van der Waals surface area (Å²) in [6, 6.07) is 8.30. The van der Waals surface area contributed by atoms with Crippen molar-refractivity contribution in [3.63, 3.8) is 0 Å². The third kappa shape index (κ3) is 2.47. The molecule has 2 heterocycles. The van der Waals surface area contributed by atoms with E-state index in [-0.39, 0.29) is 5.41 Å². The van der Waals surface area contributed by atoms with Gasteiger partial charge >= 0.3 is 0 Å². The minimum Gasteiger partial charge on any atom is -0.459 e. The molecule has 2 aromatic carbocycles. The van der Waals surface area contributed by atoms with Gasteiger partial charge in [-0.15, -0.1) is 0 Å². The van der Waals surface area contributed by atoms with Crippen molar-refractivity contribution < 1.29 is 4.74 Å². The number of ether oxygens (including phenoxy) is 1. The van der Waals surface area contributed by atoms with E-state index in [0.29, 0.717) is 5.75 Å². The van der Waals surface area contributed by atoms with Crippen molar-refractivity contribution in [1.82, 2.24) is 0 Å². The van der Waals surface area contributed by atoms with Gasteiger partial charge in [0.1, 0.15) is 5.69 Å². The fraction of sp³-hybridized carbons (Fsp3) is 0.192. The van der Waals surface area contributed by atoms with Crippen LogP contribution in [0.25, 0.3) is 24.3 Å². The van der Waals surface area contributed by atoms with Gasteiger partial charge in [0.05, 0.1) is 11.6 Å². The number of rotatable bonds is 4. The molecule has 2 aromatic rings. The fourth-order valence-electron chi connectivity index (χ4n) is 4.38. The summed E-state index contributed by atoms with van der Waals surface area (Å²) in [4.78, 5) is 4.92. The minimum absolute atomic E-state index is 0.324. The largest absolute Gasteiger partial charge is 0.459 e. The lowest BCUT2D eigenvalue weighted by Crippen LogP contribution is -2.56. The van der Waals surface area contributed by atoms with E-state index in [9.17, 15) is 0 Å². The number of benzene rings is 2. The highest BCUT2D eigenvalue weighted by Crippen LogP contribution is 2.53. The molecule has 1 atom stereocenters. The van der Waals surface area contributed by atoms with Gasteiger partial charge in [0.15, 0.2) is 5.75 Å². The molecule has 0 saturated carbocycles. The minimum atomic E-state index is -0.789. The van der Waals surface area contributed by atoms with Crippen LogP contribution in [0.15, 0.2) is 55.1 Å². The number of hydrogen-bond acceptors (Lipinski definition) is 3. The molecule has 0 amide bonds. The topological polar surface area (TPSA) is 33.6 Å². The monoisotopic (exact) mass is 382 g/mol. The molecule has 3 heteroatoms. The maximum atomic E-state index is 6.78. The molecule has 3 nitrogen and oxygen atoms in total. The van der Waals surface area contributed by atoms with E-state index < -0.39 is 5.72 Å². The second kappa shape index (κ2) is 6.63. The van der Waals surface area contributed by atoms with Crippen LogP contribution in [-0.2, 0) is 5.41 Å². The zero-order valence-electron chi connectivity index (χ0n) is 17.3. The van der Waals surface area contributed by atoms with E-state index in [4.69, 9.17) is 9.73 Å². The van der Waals surface area contributed by atoms with Crippen LogP contribution in [0.4, 0.5) is 11.4 Å². The molecular formula is C26H26N2O. The van der Waals surface area contributed by atoms with Gasteiger partial charge in [0.2, 0.25) is 5.72 Å². The number of allylic oxidation sites excluding steroid dienone is 1. The van der Waals surface area contributed by atoms with E-state index in [1.54, 1.807) is 0 Å². The van der Waals surface area contributed by atoms with Crippen LogP contribution in [0.2, 0.25) is 0 Å². The first kappa shape index (κ1) is 19.0. The molecule has 2 aliphatic heterocycles. The third-order valence-electron chi connectivity index (χ3n) is 6.02. The van der Waals surface area contributed by atoms with Gasteiger partial charge in [-0.1, -0.05) is 68.3 Å². The molecule has 146 valence electrons. The third-order valence-corrected chi connectivity index (χ3v) is 6.02. The van der Waals surface area contributed by atoms with Crippen LogP contribution >= 0.6 is 0 Å². The zero-order chi connectivity index (χ0) is 20.8. The van der Waals surface area contributed by atoms with E-state index in [0.717, 1.165) is 33.6 Å². The highest BCUT2D eigenvalue weighted by Gasteiger charge is 2.55. The molecule has 29 heavy (non-hydrogen) atoms. The summed E-state index contributed by atoms with van der Waals surface area (Å²) < 4.78 is 6.78. The summed E-state index contributed by atoms with van der Waals surface area (Å²) in [6.45, 7) is 18.4. The van der Waals surface area contributed by atoms with E-state index in [1.165, 1.54) is 5.56 Å². The Morgan fingerprint density at radius 3 is 2.24 bits per heavy atom. The van der Waals surface area contributed by atoms with Crippen LogP contribution in [-0.4, -0.2) is 11.9 Å². The van der Waals surface area contributed by atoms with Crippen LogP contribution in [0, 0.1) is 0 Å². The molecule has 1 spiro atoms. The van der Waals surface area contributed by atoms with Crippen molar-refractivity contribution in [2.45, 2.75) is 31.9 Å². The van der Waals surface area contributed by atoms with Gasteiger partial charge in [-0.25, -0.2) is 0 Å². The van der Waals surface area contributed by atoms with Gasteiger partial charge in [-0.3, -0.25) is 4.99 Å². The predicted octanol–water partition coefficient (Wildman–Crippen LogP) is 6.84. The van der Waals surface area contributed by atoms with Crippen molar-refractivity contribution in [3.05, 3.63) is 77.9 Å². The van der Waals surface area contributed by atoms with Crippen molar-refractivity contribution >= 4 is 41.9 Å². The van der Waals surface area contributed by atoms with Gasteiger partial charge in [0.25, 0.3) is 0 Å². The maximum Gasteiger partial charge on any atom is 0.226 e. The fourth-order valence-corrected chi connectivity index (χ4v) is 4.38. The highest BCUT2D eigenvalue weighted by molar-refractivity contribution is 5.95. The first-order valence-corrected chi connectivity index (χ1v) is 9.80. The number of nitrogens with zero attached hydrogens (tertiary/aromatic N) is 1. The average Bonchev–Trinajstić information content (AvgIpc) is 2.94. The van der Waals surface area contributed by atoms with Crippen LogP contribution in [0.5, 0.6) is 5.75 Å². The lowest BCUT2D eigenvalue weighted by atomic mass is 9.77. The number of para-hydroxylation sites is 1. The smallest absolute Gasteiger partial charge is 0.226 e. The van der Waals surface area contributed by atoms with E-state index in [2.05, 4.69) is 57.1 Å².